The van der Waals surface area contributed by atoms with E-state index in [1.165, 1.54) is 9.75 Å². The Balaban J connectivity index is 2.20. The molecule has 0 fully saturated rings. The maximum atomic E-state index is 5.67. The van der Waals surface area contributed by atoms with E-state index in [0.29, 0.717) is 0 Å². The maximum absolute atomic E-state index is 5.67. The van der Waals surface area contributed by atoms with Crippen molar-refractivity contribution >= 4 is 11.3 Å². The number of rotatable bonds is 5. The van der Waals surface area contributed by atoms with Gasteiger partial charge in [0.1, 0.15) is 5.75 Å². The third kappa shape index (κ3) is 2.90. The summed E-state index contributed by atoms with van der Waals surface area (Å²) in [6.07, 6.45) is 0.820. The minimum Gasteiger partial charge on any atom is -0.496 e. The molecule has 0 saturated carbocycles. The van der Waals surface area contributed by atoms with Crippen molar-refractivity contribution < 1.29 is 4.74 Å². The van der Waals surface area contributed by atoms with Gasteiger partial charge in [0.25, 0.3) is 0 Å². The zero-order chi connectivity index (χ0) is 13.0. The van der Waals surface area contributed by atoms with Gasteiger partial charge in [-0.3, -0.25) is 11.3 Å². The monoisotopic (exact) mass is 262 g/mol. The summed E-state index contributed by atoms with van der Waals surface area (Å²) in [5.41, 5.74) is 4.05. The largest absolute Gasteiger partial charge is 0.496 e. The number of thiophene rings is 1. The van der Waals surface area contributed by atoms with E-state index in [4.69, 9.17) is 10.6 Å². The molecule has 96 valence electrons. The van der Waals surface area contributed by atoms with Crippen molar-refractivity contribution in [1.29, 1.82) is 0 Å². The average Bonchev–Trinajstić information content (AvgIpc) is 2.83. The van der Waals surface area contributed by atoms with E-state index in [9.17, 15) is 0 Å². The van der Waals surface area contributed by atoms with Gasteiger partial charge < -0.3 is 4.74 Å². The lowest BCUT2D eigenvalue weighted by Crippen LogP contribution is -2.29. The molecule has 1 heterocycles. The quantitative estimate of drug-likeness (QED) is 0.643. The molecule has 0 radical (unpaired) electrons. The van der Waals surface area contributed by atoms with Crippen molar-refractivity contribution in [1.82, 2.24) is 5.43 Å². The van der Waals surface area contributed by atoms with Crippen LogP contribution in [-0.2, 0) is 6.42 Å². The normalized spacial score (nSPS) is 12.4. The lowest BCUT2D eigenvalue weighted by atomic mass is 10.0. The number of hydrogen-bond acceptors (Lipinski definition) is 4. The van der Waals surface area contributed by atoms with Crippen molar-refractivity contribution in [3.05, 3.63) is 51.7 Å². The van der Waals surface area contributed by atoms with Gasteiger partial charge in [-0.25, -0.2) is 0 Å². The summed E-state index contributed by atoms with van der Waals surface area (Å²) in [6.45, 7) is 2.10. The third-order valence-electron chi connectivity index (χ3n) is 2.92. The second kappa shape index (κ2) is 6.00. The first-order chi connectivity index (χ1) is 8.74. The minimum absolute atomic E-state index is 0.125. The van der Waals surface area contributed by atoms with Crippen LogP contribution in [-0.4, -0.2) is 7.11 Å². The lowest BCUT2D eigenvalue weighted by molar-refractivity contribution is 0.406. The Hall–Kier alpha value is -1.36. The van der Waals surface area contributed by atoms with Crippen molar-refractivity contribution in [3.8, 4) is 5.75 Å². The van der Waals surface area contributed by atoms with E-state index in [1.54, 1.807) is 18.4 Å². The van der Waals surface area contributed by atoms with Gasteiger partial charge in [0.05, 0.1) is 13.2 Å². The summed E-state index contributed by atoms with van der Waals surface area (Å²) in [7, 11) is 1.69. The molecule has 4 heteroatoms. The summed E-state index contributed by atoms with van der Waals surface area (Å²) in [5, 5.41) is 0. The molecule has 3 N–H and O–H groups in total. The number of nitrogens with two attached hydrogens (primary N) is 1. The topological polar surface area (TPSA) is 47.3 Å². The van der Waals surface area contributed by atoms with Gasteiger partial charge in [-0.2, -0.15) is 0 Å². The van der Waals surface area contributed by atoms with Crippen LogP contribution < -0.4 is 16.0 Å². The Morgan fingerprint density at radius 1 is 1.28 bits per heavy atom. The van der Waals surface area contributed by atoms with Crippen LogP contribution in [0.15, 0.2) is 36.4 Å². The van der Waals surface area contributed by atoms with Crippen molar-refractivity contribution in [2.45, 2.75) is 19.4 Å². The molecule has 1 aromatic heterocycles. The van der Waals surface area contributed by atoms with E-state index in [2.05, 4.69) is 30.5 Å². The molecule has 0 bridgehead atoms. The predicted octanol–water partition coefficient (Wildman–Crippen LogP) is 2.81. The molecule has 0 spiro atoms. The van der Waals surface area contributed by atoms with Gasteiger partial charge in [-0.15, -0.1) is 11.3 Å². The van der Waals surface area contributed by atoms with E-state index in [0.717, 1.165) is 17.7 Å². The first kappa shape index (κ1) is 13.1. The minimum atomic E-state index is 0.125. The predicted molar refractivity (Wildman–Crippen MR) is 75.8 cm³/mol. The number of methoxy groups -OCH3 is 1. The van der Waals surface area contributed by atoms with Crippen LogP contribution in [0.2, 0.25) is 0 Å². The highest BCUT2D eigenvalue weighted by Gasteiger charge is 2.14. The zero-order valence-corrected chi connectivity index (χ0v) is 11.5. The Bertz CT molecular complexity index is 510. The van der Waals surface area contributed by atoms with E-state index in [-0.39, 0.29) is 6.04 Å². The molecule has 1 atom stereocenters. The highest BCUT2D eigenvalue weighted by molar-refractivity contribution is 7.12. The van der Waals surface area contributed by atoms with Crippen LogP contribution in [0.25, 0.3) is 0 Å². The highest BCUT2D eigenvalue weighted by atomic mass is 32.1. The van der Waals surface area contributed by atoms with Crippen LogP contribution in [0.3, 0.4) is 0 Å². The molecule has 1 aromatic carbocycles. The van der Waals surface area contributed by atoms with Gasteiger partial charge in [0.2, 0.25) is 0 Å². The van der Waals surface area contributed by atoms with Crippen molar-refractivity contribution in [2.24, 2.45) is 5.84 Å². The van der Waals surface area contributed by atoms with E-state index < -0.39 is 0 Å². The fraction of sp³-hybridized carbons (Fsp3) is 0.286. The van der Waals surface area contributed by atoms with Crippen LogP contribution in [0, 0.1) is 6.92 Å². The van der Waals surface area contributed by atoms with Gasteiger partial charge in [-0.05, 0) is 37.1 Å². The highest BCUT2D eigenvalue weighted by Crippen LogP contribution is 2.28. The standard InChI is InChI=1S/C14H18N2OS/c1-10-7-8-14(18-10)12(16-15)9-11-5-3-4-6-13(11)17-2/h3-8,12,16H,9,15H2,1-2H3. The molecular weight excluding hydrogens is 244 g/mol. The van der Waals surface area contributed by atoms with Crippen molar-refractivity contribution in [3.63, 3.8) is 0 Å². The number of para-hydroxylation sites is 1. The van der Waals surface area contributed by atoms with Crippen LogP contribution >= 0.6 is 11.3 Å². The average molecular weight is 262 g/mol. The molecule has 3 nitrogen and oxygen atoms in total. The summed E-state index contributed by atoms with van der Waals surface area (Å²) in [5.74, 6) is 6.58. The SMILES string of the molecule is COc1ccccc1CC(NN)c1ccc(C)s1. The van der Waals surface area contributed by atoms with Gasteiger partial charge in [-0.1, -0.05) is 18.2 Å². The molecule has 0 saturated heterocycles. The molecule has 0 aliphatic rings. The Morgan fingerprint density at radius 2 is 2.06 bits per heavy atom. The van der Waals surface area contributed by atoms with E-state index in [1.807, 2.05) is 18.2 Å². The molecule has 0 aliphatic carbocycles. The summed E-state index contributed by atoms with van der Waals surface area (Å²) < 4.78 is 5.37. The number of hydrazine groups is 1. The summed E-state index contributed by atoms with van der Waals surface area (Å²) >= 11 is 1.77. The lowest BCUT2D eigenvalue weighted by Gasteiger charge is -2.16. The molecule has 1 unspecified atom stereocenters. The Morgan fingerprint density at radius 3 is 2.67 bits per heavy atom. The Labute approximate surface area is 112 Å². The first-order valence-electron chi connectivity index (χ1n) is 5.89. The second-order valence-corrected chi connectivity index (χ2v) is 5.50. The fourth-order valence-electron chi connectivity index (χ4n) is 1.97. The first-order valence-corrected chi connectivity index (χ1v) is 6.70. The molecule has 2 rings (SSSR count). The molecular formula is C14H18N2OS. The fourth-order valence-corrected chi connectivity index (χ4v) is 2.91. The van der Waals surface area contributed by atoms with E-state index >= 15 is 0 Å². The number of ether oxygens (including phenoxy) is 1. The van der Waals surface area contributed by atoms with Crippen LogP contribution in [0.5, 0.6) is 5.75 Å². The van der Waals surface area contributed by atoms with Crippen LogP contribution in [0.4, 0.5) is 0 Å². The zero-order valence-electron chi connectivity index (χ0n) is 10.6. The van der Waals surface area contributed by atoms with Crippen molar-refractivity contribution in [2.75, 3.05) is 7.11 Å². The van der Waals surface area contributed by atoms with Gasteiger partial charge in [0, 0.05) is 9.75 Å². The van der Waals surface area contributed by atoms with Gasteiger partial charge in [0.15, 0.2) is 0 Å². The number of hydrogen-bond donors (Lipinski definition) is 2. The number of aryl methyl sites for hydroxylation is 1. The number of benzene rings is 1. The Kier molecular flexibility index (Phi) is 4.36. The smallest absolute Gasteiger partial charge is 0.122 e. The molecule has 18 heavy (non-hydrogen) atoms. The molecule has 0 amide bonds. The van der Waals surface area contributed by atoms with Crippen LogP contribution in [0.1, 0.15) is 21.4 Å². The molecule has 0 aliphatic heterocycles. The summed E-state index contributed by atoms with van der Waals surface area (Å²) in [6, 6.07) is 12.4. The third-order valence-corrected chi connectivity index (χ3v) is 4.04. The number of nitrogens with one attached hydrogen (secondary N) is 1. The summed E-state index contributed by atoms with van der Waals surface area (Å²) in [4.78, 5) is 2.55. The molecule has 2 aromatic rings. The van der Waals surface area contributed by atoms with Gasteiger partial charge >= 0.3 is 0 Å². The second-order valence-electron chi connectivity index (χ2n) is 4.18. The maximum Gasteiger partial charge on any atom is 0.122 e.